The largest absolute Gasteiger partial charge is 0.414 e. The molecule has 0 aliphatic carbocycles. The highest BCUT2D eigenvalue weighted by Crippen LogP contribution is 2.18. The minimum atomic E-state index is -0.672. The van der Waals surface area contributed by atoms with Crippen molar-refractivity contribution < 1.29 is 14.2 Å². The normalized spacial score (nSPS) is 20.0. The van der Waals surface area contributed by atoms with Crippen molar-refractivity contribution in [1.82, 2.24) is 15.2 Å². The Bertz CT molecular complexity index is 856. The molecule has 2 heterocycles. The third-order valence-corrected chi connectivity index (χ3v) is 4.15. The van der Waals surface area contributed by atoms with Crippen molar-refractivity contribution in [3.8, 4) is 0 Å². The average molecular weight is 353 g/mol. The Hall–Kier alpha value is -3.29. The third-order valence-electron chi connectivity index (χ3n) is 4.15. The number of urea groups is 1. The van der Waals surface area contributed by atoms with E-state index >= 15 is 0 Å². The summed E-state index contributed by atoms with van der Waals surface area (Å²) in [6, 6.07) is 8.53. The standard InChI is InChI=1S/C18H20N6O2/c1-12(2)11-24-14-15(22(3)18(26)23(4)16(14)25)20-17(24)21-19-10-13-8-6-5-7-9-13/h5-10,14H,1,11H2,2-4H3/p+1/b19-10+. The zero-order valence-corrected chi connectivity index (χ0v) is 15.0. The van der Waals surface area contributed by atoms with Gasteiger partial charge in [-0.2, -0.15) is 5.43 Å². The maximum absolute atomic E-state index is 12.6. The number of nitrogens with zero attached hydrogens (tertiary/aromatic N) is 5. The van der Waals surface area contributed by atoms with Crippen molar-refractivity contribution >= 4 is 29.9 Å². The van der Waals surface area contributed by atoms with E-state index in [1.165, 1.54) is 11.9 Å². The van der Waals surface area contributed by atoms with E-state index in [-0.39, 0.29) is 5.91 Å². The molecule has 26 heavy (non-hydrogen) atoms. The van der Waals surface area contributed by atoms with Crippen molar-refractivity contribution in [1.29, 1.82) is 0 Å². The number of amides is 3. The number of benzene rings is 1. The molecule has 134 valence electrons. The van der Waals surface area contributed by atoms with Gasteiger partial charge in [0.05, 0.1) is 12.8 Å². The van der Waals surface area contributed by atoms with Gasteiger partial charge in [0.15, 0.2) is 0 Å². The summed E-state index contributed by atoms with van der Waals surface area (Å²) in [6.45, 7) is 6.21. The molecule has 3 rings (SSSR count). The minimum Gasteiger partial charge on any atom is -0.270 e. The molecule has 1 unspecified atom stereocenters. The molecule has 2 aliphatic heterocycles. The Morgan fingerprint density at radius 3 is 2.65 bits per heavy atom. The number of hydrogen-bond acceptors (Lipinski definition) is 5. The van der Waals surface area contributed by atoms with Crippen LogP contribution < -0.4 is 5.43 Å². The van der Waals surface area contributed by atoms with Gasteiger partial charge >= 0.3 is 12.0 Å². The van der Waals surface area contributed by atoms with Gasteiger partial charge in [-0.15, -0.1) is 5.10 Å². The first-order valence-corrected chi connectivity index (χ1v) is 8.16. The van der Waals surface area contributed by atoms with Crippen LogP contribution in [0.15, 0.2) is 52.6 Å². The van der Waals surface area contributed by atoms with E-state index in [0.717, 1.165) is 16.0 Å². The van der Waals surface area contributed by atoms with Gasteiger partial charge in [-0.05, 0) is 18.1 Å². The number of aliphatic imine (C=N–C) groups is 1. The topological polar surface area (TPSA) is 80.4 Å². The van der Waals surface area contributed by atoms with Crippen LogP contribution in [-0.2, 0) is 4.79 Å². The first-order valence-electron chi connectivity index (χ1n) is 8.16. The van der Waals surface area contributed by atoms with E-state index < -0.39 is 12.1 Å². The molecule has 2 aliphatic rings. The lowest BCUT2D eigenvalue weighted by atomic mass is 10.1. The van der Waals surface area contributed by atoms with Crippen molar-refractivity contribution in [2.75, 3.05) is 20.6 Å². The zero-order valence-electron chi connectivity index (χ0n) is 15.0. The van der Waals surface area contributed by atoms with Crippen molar-refractivity contribution in [3.63, 3.8) is 0 Å². The van der Waals surface area contributed by atoms with Gasteiger partial charge in [0.1, 0.15) is 0 Å². The molecule has 0 radical (unpaired) electrons. The lowest BCUT2D eigenvalue weighted by Crippen LogP contribution is -2.61. The summed E-state index contributed by atoms with van der Waals surface area (Å²) < 4.78 is 1.77. The predicted octanol–water partition coefficient (Wildman–Crippen LogP) is 0.859. The summed E-state index contributed by atoms with van der Waals surface area (Å²) in [5.41, 5.74) is 4.68. The van der Waals surface area contributed by atoms with E-state index in [2.05, 4.69) is 22.1 Å². The third kappa shape index (κ3) is 3.13. The van der Waals surface area contributed by atoms with E-state index in [1.54, 1.807) is 17.8 Å². The van der Waals surface area contributed by atoms with Gasteiger partial charge in [0.2, 0.25) is 11.9 Å². The van der Waals surface area contributed by atoms with Crippen LogP contribution in [0.1, 0.15) is 12.5 Å². The van der Waals surface area contributed by atoms with Crippen LogP contribution in [0, 0.1) is 0 Å². The molecule has 1 fully saturated rings. The second-order valence-corrected chi connectivity index (χ2v) is 6.30. The molecule has 1 saturated heterocycles. The van der Waals surface area contributed by atoms with E-state index in [0.29, 0.717) is 18.3 Å². The fourth-order valence-corrected chi connectivity index (χ4v) is 2.85. The summed E-state index contributed by atoms with van der Waals surface area (Å²) in [4.78, 5) is 31.7. The monoisotopic (exact) mass is 353 g/mol. The van der Waals surface area contributed by atoms with E-state index in [1.807, 2.05) is 37.3 Å². The average Bonchev–Trinajstić information content (AvgIpc) is 2.97. The minimum absolute atomic E-state index is 0.322. The van der Waals surface area contributed by atoms with Gasteiger partial charge in [-0.3, -0.25) is 14.6 Å². The van der Waals surface area contributed by atoms with Crippen molar-refractivity contribution in [2.24, 2.45) is 10.1 Å². The molecule has 1 N–H and O–H groups in total. The number of carbonyl (C=O) groups is 2. The highest BCUT2D eigenvalue weighted by atomic mass is 16.2. The van der Waals surface area contributed by atoms with Crippen LogP contribution >= 0.6 is 0 Å². The number of likely N-dealkylation sites (N-methyl/N-ethyl adjacent to an activating group) is 2. The number of amidine groups is 1. The molecule has 0 aromatic heterocycles. The summed E-state index contributed by atoms with van der Waals surface area (Å²) >= 11 is 0. The molecule has 1 atom stereocenters. The molecule has 8 heteroatoms. The fourth-order valence-electron chi connectivity index (χ4n) is 2.85. The number of nitrogens with one attached hydrogen (secondary N) is 1. The molecule has 0 saturated carbocycles. The molecule has 1 aromatic rings. The molecule has 3 amide bonds. The quantitative estimate of drug-likeness (QED) is 0.377. The fraction of sp³-hybridized carbons (Fsp3) is 0.278. The zero-order chi connectivity index (χ0) is 18.8. The van der Waals surface area contributed by atoms with Gasteiger partial charge in [0, 0.05) is 14.1 Å². The second-order valence-electron chi connectivity index (χ2n) is 6.30. The second kappa shape index (κ2) is 6.91. The summed E-state index contributed by atoms with van der Waals surface area (Å²) in [5, 5.41) is 4.21. The van der Waals surface area contributed by atoms with Gasteiger partial charge < -0.3 is 0 Å². The van der Waals surface area contributed by atoms with Crippen molar-refractivity contribution in [2.45, 2.75) is 13.0 Å². The summed E-state index contributed by atoms with van der Waals surface area (Å²) in [5.74, 6) is 0.470. The molecule has 0 spiro atoms. The van der Waals surface area contributed by atoms with Crippen LogP contribution in [0.3, 0.4) is 0 Å². The van der Waals surface area contributed by atoms with Crippen LogP contribution in [0.2, 0.25) is 0 Å². The Kier molecular flexibility index (Phi) is 4.66. The Morgan fingerprint density at radius 2 is 2.00 bits per heavy atom. The number of fused-ring (bicyclic) bond motifs is 1. The van der Waals surface area contributed by atoms with Crippen LogP contribution in [0.5, 0.6) is 0 Å². The molecule has 1 aromatic carbocycles. The lowest BCUT2D eigenvalue weighted by molar-refractivity contribution is -0.529. The van der Waals surface area contributed by atoms with E-state index in [9.17, 15) is 9.59 Å². The summed E-state index contributed by atoms with van der Waals surface area (Å²) in [6.07, 6.45) is 1.66. The Morgan fingerprint density at radius 1 is 1.31 bits per heavy atom. The Labute approximate surface area is 151 Å². The SMILES string of the molecule is C=C(C)C[N+]1=C(N/N=C/c2ccccc2)N=C2C1C(=O)N(C)C(=O)N2C. The molecule has 0 bridgehead atoms. The number of imide groups is 1. The number of rotatable bonds is 4. The van der Waals surface area contributed by atoms with Crippen LogP contribution in [0.25, 0.3) is 0 Å². The maximum Gasteiger partial charge on any atom is 0.414 e. The number of carbonyl (C=O) groups excluding carboxylic acids is 2. The van der Waals surface area contributed by atoms with E-state index in [4.69, 9.17) is 0 Å². The predicted molar refractivity (Wildman–Crippen MR) is 99.3 cm³/mol. The number of guanidine groups is 1. The van der Waals surface area contributed by atoms with Crippen LogP contribution in [-0.4, -0.2) is 71.0 Å². The van der Waals surface area contributed by atoms with Gasteiger partial charge in [-0.25, -0.2) is 9.37 Å². The Balaban J connectivity index is 1.92. The highest BCUT2D eigenvalue weighted by Gasteiger charge is 2.51. The molecular weight excluding hydrogens is 332 g/mol. The lowest BCUT2D eigenvalue weighted by Gasteiger charge is -2.31. The van der Waals surface area contributed by atoms with Crippen molar-refractivity contribution in [3.05, 3.63) is 48.0 Å². The smallest absolute Gasteiger partial charge is 0.270 e. The maximum atomic E-state index is 12.6. The first-order chi connectivity index (χ1) is 12.4. The summed E-state index contributed by atoms with van der Waals surface area (Å²) in [7, 11) is 3.07. The number of hydrazone groups is 1. The number of hydrogen-bond donors (Lipinski definition) is 1. The van der Waals surface area contributed by atoms with Crippen LogP contribution in [0.4, 0.5) is 4.79 Å². The molecular formula is C18H21N6O2+. The molecule has 8 nitrogen and oxygen atoms in total. The first kappa shape index (κ1) is 17.5. The van der Waals surface area contributed by atoms with Gasteiger partial charge in [0.25, 0.3) is 5.91 Å². The van der Waals surface area contributed by atoms with Gasteiger partial charge in [-0.1, -0.05) is 41.9 Å². The highest BCUT2D eigenvalue weighted by molar-refractivity contribution is 6.22.